The quantitative estimate of drug-likeness (QED) is 0.120. The molecule has 0 aliphatic carbocycles. The molecule has 3 heterocycles. The highest BCUT2D eigenvalue weighted by atomic mass is 35.5. The van der Waals surface area contributed by atoms with E-state index >= 15 is 0 Å². The molecule has 3 aromatic heterocycles. The van der Waals surface area contributed by atoms with E-state index in [1.54, 1.807) is 18.2 Å². The summed E-state index contributed by atoms with van der Waals surface area (Å²) in [6.45, 7) is 2.50. The van der Waals surface area contributed by atoms with Gasteiger partial charge in [-0.05, 0) is 34.4 Å². The van der Waals surface area contributed by atoms with Crippen LogP contribution in [0.3, 0.4) is 0 Å². The zero-order chi connectivity index (χ0) is 29.6. The van der Waals surface area contributed by atoms with Crippen LogP contribution in [0.15, 0.2) is 66.7 Å². The lowest BCUT2D eigenvalue weighted by Gasteiger charge is -2.19. The van der Waals surface area contributed by atoms with Gasteiger partial charge in [-0.3, -0.25) is 0 Å². The second kappa shape index (κ2) is 13.2. The van der Waals surface area contributed by atoms with Gasteiger partial charge < -0.3 is 24.4 Å². The SMILES string of the molecule is CCCCc1nc(Cl)c(C(O)c2cccc(C(OC)OC)[n+]2[O-])n1Cc1ccc(-c2ccccc2-c2nn[nH]n2)cc1. The Kier molecular flexibility index (Phi) is 9.23. The molecule has 0 spiro atoms. The van der Waals surface area contributed by atoms with E-state index in [4.69, 9.17) is 21.1 Å². The van der Waals surface area contributed by atoms with Crippen molar-refractivity contribution < 1.29 is 19.3 Å². The van der Waals surface area contributed by atoms with E-state index in [-0.39, 0.29) is 16.5 Å². The van der Waals surface area contributed by atoms with Crippen LogP contribution in [0.4, 0.5) is 0 Å². The molecule has 5 aromatic rings. The Bertz CT molecular complexity index is 1620. The number of nitrogens with one attached hydrogen (secondary N) is 1. The van der Waals surface area contributed by atoms with Gasteiger partial charge in [0.15, 0.2) is 11.3 Å². The van der Waals surface area contributed by atoms with Gasteiger partial charge in [-0.1, -0.05) is 73.5 Å². The monoisotopic (exact) mass is 589 g/mol. The summed E-state index contributed by atoms with van der Waals surface area (Å²) in [6.07, 6.45) is 0.308. The van der Waals surface area contributed by atoms with E-state index in [1.807, 2.05) is 53.1 Å². The lowest BCUT2D eigenvalue weighted by molar-refractivity contribution is -0.634. The second-order valence-electron chi connectivity index (χ2n) is 9.75. The fraction of sp³-hybridized carbons (Fsp3) is 0.300. The predicted octanol–water partition coefficient (Wildman–Crippen LogP) is 4.78. The van der Waals surface area contributed by atoms with Crippen LogP contribution in [0.5, 0.6) is 0 Å². The standard InChI is InChI=1S/C30H32ClN7O4/c1-4-5-13-25-32-28(31)26(27(39)23-11-8-12-24(38(23)40)30(41-2)42-3)37(25)18-19-14-16-20(17-15-19)21-9-6-7-10-22(21)29-33-35-36-34-29/h6-12,14-17,27,30,39H,4-5,13,18H2,1-3H3,(H,33,34,35,36). The molecule has 0 bridgehead atoms. The number of hydrogen-bond donors (Lipinski definition) is 2. The molecule has 11 nitrogen and oxygen atoms in total. The molecule has 1 unspecified atom stereocenters. The Morgan fingerprint density at radius 1 is 1.00 bits per heavy atom. The number of aromatic nitrogens is 7. The molecule has 0 saturated heterocycles. The molecule has 12 heteroatoms. The van der Waals surface area contributed by atoms with Crippen LogP contribution in [-0.4, -0.2) is 49.5 Å². The van der Waals surface area contributed by atoms with Crippen molar-refractivity contribution in [2.75, 3.05) is 14.2 Å². The van der Waals surface area contributed by atoms with E-state index in [0.717, 1.165) is 40.9 Å². The van der Waals surface area contributed by atoms with E-state index in [9.17, 15) is 10.3 Å². The molecule has 0 saturated carbocycles. The van der Waals surface area contributed by atoms with E-state index in [0.29, 0.717) is 29.2 Å². The number of aryl methyl sites for hydroxylation is 1. The van der Waals surface area contributed by atoms with Crippen LogP contribution in [-0.2, 0) is 22.4 Å². The van der Waals surface area contributed by atoms with Crippen molar-refractivity contribution in [3.05, 3.63) is 106 Å². The number of aliphatic hydroxyl groups excluding tert-OH is 1. The molecule has 2 aromatic carbocycles. The fourth-order valence-electron chi connectivity index (χ4n) is 5.01. The zero-order valence-corrected chi connectivity index (χ0v) is 24.3. The topological polar surface area (TPSA) is 138 Å². The summed E-state index contributed by atoms with van der Waals surface area (Å²) in [4.78, 5) is 4.60. The summed E-state index contributed by atoms with van der Waals surface area (Å²) in [6, 6.07) is 20.8. The second-order valence-corrected chi connectivity index (χ2v) is 10.1. The van der Waals surface area contributed by atoms with Crippen LogP contribution < -0.4 is 4.73 Å². The summed E-state index contributed by atoms with van der Waals surface area (Å²) in [5.41, 5.74) is 4.45. The Labute approximate surface area is 248 Å². The van der Waals surface area contributed by atoms with Gasteiger partial charge in [0.2, 0.25) is 23.5 Å². The number of H-pyrrole nitrogens is 1. The summed E-state index contributed by atoms with van der Waals surface area (Å²) in [5, 5.41) is 39.5. The minimum absolute atomic E-state index is 0.0881. The number of nitrogens with zero attached hydrogens (tertiary/aromatic N) is 6. The maximum absolute atomic E-state index is 13.3. The van der Waals surface area contributed by atoms with E-state index in [1.165, 1.54) is 14.2 Å². The Morgan fingerprint density at radius 3 is 2.38 bits per heavy atom. The third kappa shape index (κ3) is 5.90. The largest absolute Gasteiger partial charge is 0.618 e. The zero-order valence-electron chi connectivity index (χ0n) is 23.6. The maximum Gasteiger partial charge on any atom is 0.249 e. The average molecular weight is 590 g/mol. The highest BCUT2D eigenvalue weighted by molar-refractivity contribution is 6.30. The van der Waals surface area contributed by atoms with Gasteiger partial charge in [0.1, 0.15) is 5.82 Å². The molecule has 1 atom stereocenters. The molecule has 218 valence electrons. The molecule has 5 rings (SSSR count). The number of ether oxygens (including phenoxy) is 2. The van der Waals surface area contributed by atoms with Crippen LogP contribution in [0.25, 0.3) is 22.5 Å². The third-order valence-corrected chi connectivity index (χ3v) is 7.40. The number of pyridine rings is 1. The highest BCUT2D eigenvalue weighted by Crippen LogP contribution is 2.32. The first-order valence-electron chi connectivity index (χ1n) is 13.6. The number of rotatable bonds is 12. The average Bonchev–Trinajstić information content (AvgIpc) is 3.66. The molecule has 0 aliphatic rings. The number of methoxy groups -OCH3 is 2. The fourth-order valence-corrected chi connectivity index (χ4v) is 5.31. The van der Waals surface area contributed by atoms with Gasteiger partial charge in [0, 0.05) is 44.9 Å². The first-order chi connectivity index (χ1) is 20.5. The van der Waals surface area contributed by atoms with Crippen molar-refractivity contribution in [2.24, 2.45) is 0 Å². The van der Waals surface area contributed by atoms with Crippen molar-refractivity contribution in [3.63, 3.8) is 0 Å². The number of hydrogen-bond acceptors (Lipinski definition) is 8. The maximum atomic E-state index is 13.3. The van der Waals surface area contributed by atoms with Gasteiger partial charge >= 0.3 is 0 Å². The molecule has 0 radical (unpaired) electrons. The number of imidazole rings is 1. The van der Waals surface area contributed by atoms with Gasteiger partial charge in [0.25, 0.3) is 0 Å². The van der Waals surface area contributed by atoms with Crippen molar-refractivity contribution in [2.45, 2.75) is 45.1 Å². The van der Waals surface area contributed by atoms with Gasteiger partial charge in [-0.15, -0.1) is 10.2 Å². The third-order valence-electron chi connectivity index (χ3n) is 7.13. The molecule has 0 aliphatic heterocycles. The molecular weight excluding hydrogens is 558 g/mol. The number of tetrazole rings is 1. The van der Waals surface area contributed by atoms with Crippen LogP contribution in [0.1, 0.15) is 60.6 Å². The molecule has 0 fully saturated rings. The van der Waals surface area contributed by atoms with Gasteiger partial charge in [-0.25, -0.2) is 4.98 Å². The summed E-state index contributed by atoms with van der Waals surface area (Å²) in [5.74, 6) is 1.26. The van der Waals surface area contributed by atoms with Crippen molar-refractivity contribution >= 4 is 11.6 Å². The van der Waals surface area contributed by atoms with Gasteiger partial charge in [-0.2, -0.15) is 9.94 Å². The van der Waals surface area contributed by atoms with Crippen LogP contribution >= 0.6 is 11.6 Å². The highest BCUT2D eigenvalue weighted by Gasteiger charge is 2.31. The minimum Gasteiger partial charge on any atom is -0.618 e. The van der Waals surface area contributed by atoms with Crippen LogP contribution in [0, 0.1) is 5.21 Å². The Hall–Kier alpha value is -4.16. The summed E-state index contributed by atoms with van der Waals surface area (Å²) >= 11 is 6.65. The molecule has 42 heavy (non-hydrogen) atoms. The lowest BCUT2D eigenvalue weighted by Crippen LogP contribution is -2.40. The first-order valence-corrected chi connectivity index (χ1v) is 14.0. The van der Waals surface area contributed by atoms with Crippen molar-refractivity contribution in [3.8, 4) is 22.5 Å². The minimum atomic E-state index is -1.34. The van der Waals surface area contributed by atoms with Gasteiger partial charge in [0.05, 0.1) is 5.69 Å². The summed E-state index contributed by atoms with van der Waals surface area (Å²) < 4.78 is 13.1. The normalized spacial score (nSPS) is 12.2. The smallest absolute Gasteiger partial charge is 0.249 e. The molecule has 0 amide bonds. The number of aliphatic hydroxyl groups is 1. The lowest BCUT2D eigenvalue weighted by atomic mass is 9.98. The number of halogens is 1. The molecular formula is C30H32ClN7O4. The summed E-state index contributed by atoms with van der Waals surface area (Å²) in [7, 11) is 2.89. The van der Waals surface area contributed by atoms with E-state index in [2.05, 4.69) is 32.5 Å². The number of aromatic amines is 1. The van der Waals surface area contributed by atoms with Crippen molar-refractivity contribution in [1.29, 1.82) is 0 Å². The molecule has 2 N–H and O–H groups in total. The predicted molar refractivity (Wildman–Crippen MR) is 156 cm³/mol. The number of benzene rings is 2. The van der Waals surface area contributed by atoms with Crippen molar-refractivity contribution in [1.82, 2.24) is 30.2 Å². The Morgan fingerprint density at radius 2 is 1.71 bits per heavy atom. The first kappa shape index (κ1) is 29.3. The van der Waals surface area contributed by atoms with E-state index < -0.39 is 12.4 Å². The number of unbranched alkanes of at least 4 members (excludes halogenated alkanes) is 1. The Balaban J connectivity index is 1.50. The van der Waals surface area contributed by atoms with Crippen LogP contribution in [0.2, 0.25) is 5.15 Å².